The van der Waals surface area contributed by atoms with E-state index in [2.05, 4.69) is 11.9 Å². The van der Waals surface area contributed by atoms with Crippen molar-refractivity contribution in [3.63, 3.8) is 0 Å². The van der Waals surface area contributed by atoms with Crippen LogP contribution in [0.15, 0.2) is 42.5 Å². The van der Waals surface area contributed by atoms with Gasteiger partial charge in [-0.1, -0.05) is 30.3 Å². The van der Waals surface area contributed by atoms with Crippen molar-refractivity contribution < 1.29 is 127 Å². The largest absolute Gasteiger partial charge is 0.507 e. The van der Waals surface area contributed by atoms with Crippen LogP contribution in [0.5, 0.6) is 17.2 Å². The van der Waals surface area contributed by atoms with E-state index >= 15 is 4.79 Å². The van der Waals surface area contributed by atoms with Crippen LogP contribution in [0.1, 0.15) is 127 Å². The van der Waals surface area contributed by atoms with Gasteiger partial charge in [0.15, 0.2) is 36.7 Å². The maximum absolute atomic E-state index is 15.0. The molecule has 0 bridgehead atoms. The van der Waals surface area contributed by atoms with Crippen molar-refractivity contribution in [1.29, 1.82) is 0 Å². The number of carbonyl (C=O) groups excluding carboxylic acids is 3. The molecule has 534 valence electrons. The summed E-state index contributed by atoms with van der Waals surface area (Å²) in [5, 5.41) is 120. The zero-order chi connectivity index (χ0) is 68.6. The molecule has 6 heterocycles. The highest BCUT2D eigenvalue weighted by molar-refractivity contribution is 6.11. The topological polar surface area (TPSA) is 388 Å². The number of esters is 1. The number of hydrogen-bond acceptors (Lipinski definition) is 27. The second-order valence-corrected chi connectivity index (χ2v) is 26.7. The maximum Gasteiger partial charge on any atom is 0.316 e. The minimum atomic E-state index is -1.95. The van der Waals surface area contributed by atoms with Crippen LogP contribution >= 0.6 is 12.4 Å². The van der Waals surface area contributed by atoms with Crippen LogP contribution in [0.3, 0.4) is 0 Å². The standard InChI is InChI=1S/C52H76O24.C15H21NO2.ClH/c1-18-29(72-34-14-30(43(58)21(4)68-34)73-33-13-28(54)42(57)20(3)67-33)12-26-10-25-11-27(49(66-9)48(63)41(56)19(2)53)50(47(62)39(25)46(61)38(26)40(18)55)76-36-16-31(44(59)23(6)70-36)74-35-15-32(45(60)22(5)69-35)75-37-17-52(8,65)51(64)24(7)71-37;1-3-18-14(17)15(9-11-16(2)12-10-15)13-7-5-4-6-8-13;/h10,12,19-24,27-28,30-37,41-45,49-51,53-61,64-65H,11,13-17H2,1-9H3;4-8H,3,9-12H2,1-2H3;1H/t19-,20-,21-,22-,23-,24-,27?,28-,30-,31-,32-,33+,34+,35+,36+,37+,41+,42-,43+,44-,45-,49+,50+,51-,52+;;/m1../s1. The Kier molecular flexibility index (Phi) is 25.6. The maximum atomic E-state index is 15.0. The summed E-state index contributed by atoms with van der Waals surface area (Å²) in [7, 11) is 3.28. The number of carbonyl (C=O) groups is 3. The minimum absolute atomic E-state index is 0. The number of aliphatic hydroxyl groups is 9. The van der Waals surface area contributed by atoms with Crippen molar-refractivity contribution in [3.05, 3.63) is 64.7 Å². The molecule has 11 N–H and O–H groups in total. The van der Waals surface area contributed by atoms with Crippen LogP contribution in [-0.2, 0) is 73.5 Å². The number of halogens is 1. The van der Waals surface area contributed by atoms with Crippen molar-refractivity contribution in [2.75, 3.05) is 33.9 Å². The van der Waals surface area contributed by atoms with Crippen molar-refractivity contribution in [2.45, 2.75) is 266 Å². The number of phenolic OH excluding ortho intramolecular Hbond substituents is 2. The molecular formula is C67H98ClNO26. The lowest BCUT2D eigenvalue weighted by Crippen LogP contribution is -2.58. The van der Waals surface area contributed by atoms with Crippen molar-refractivity contribution in [1.82, 2.24) is 4.90 Å². The molecule has 1 aliphatic carbocycles. The lowest BCUT2D eigenvalue weighted by atomic mass is 9.73. The van der Waals surface area contributed by atoms with E-state index in [4.69, 9.17) is 56.8 Å². The number of aliphatic hydroxyl groups excluding tert-OH is 8. The molecule has 25 atom stereocenters. The number of likely N-dealkylation sites (tertiary alicyclic amines) is 1. The summed E-state index contributed by atoms with van der Waals surface area (Å²) in [5.41, 5.74) is -0.819. The van der Waals surface area contributed by atoms with Crippen LogP contribution in [0, 0.1) is 12.8 Å². The fourth-order valence-electron chi connectivity index (χ4n) is 14.0. The number of nitrogens with zero attached hydrogens (tertiary/aromatic N) is 1. The van der Waals surface area contributed by atoms with Crippen molar-refractivity contribution in [3.8, 4) is 17.2 Å². The normalized spacial score (nSPS) is 37.7. The molecule has 0 spiro atoms. The minimum Gasteiger partial charge on any atom is -0.507 e. The highest BCUT2D eigenvalue weighted by atomic mass is 35.5. The first-order valence-corrected chi connectivity index (χ1v) is 32.6. The van der Waals surface area contributed by atoms with Gasteiger partial charge in [0.2, 0.25) is 6.29 Å². The predicted octanol–water partition coefficient (Wildman–Crippen LogP) is 2.39. The van der Waals surface area contributed by atoms with Gasteiger partial charge < -0.3 is 118 Å². The first-order chi connectivity index (χ1) is 44.4. The third-order valence-corrected chi connectivity index (χ3v) is 19.7. The zero-order valence-corrected chi connectivity index (χ0v) is 56.4. The highest BCUT2D eigenvalue weighted by Gasteiger charge is 2.52. The number of hydrogen-bond donors (Lipinski definition) is 11. The van der Waals surface area contributed by atoms with Gasteiger partial charge >= 0.3 is 5.97 Å². The van der Waals surface area contributed by atoms with Gasteiger partial charge in [-0.2, -0.15) is 0 Å². The van der Waals surface area contributed by atoms with Gasteiger partial charge in [0.25, 0.3) is 0 Å². The molecular weight excluding hydrogens is 1270 g/mol. The molecule has 0 amide bonds. The molecule has 6 aliphatic heterocycles. The summed E-state index contributed by atoms with van der Waals surface area (Å²) >= 11 is 0. The molecule has 3 aromatic rings. The van der Waals surface area contributed by atoms with Crippen LogP contribution in [-0.4, -0.2) is 259 Å². The quantitative estimate of drug-likeness (QED) is 0.0814. The number of rotatable bonds is 18. The van der Waals surface area contributed by atoms with E-state index in [-0.39, 0.29) is 90.1 Å². The average Bonchev–Trinajstić information content (AvgIpc) is 0.737. The third kappa shape index (κ3) is 16.6. The van der Waals surface area contributed by atoms with Gasteiger partial charge in [-0.05, 0) is 130 Å². The molecule has 10 rings (SSSR count). The molecule has 27 nitrogen and oxygen atoms in total. The molecule has 28 heteroatoms. The Bertz CT molecular complexity index is 3050. The Labute approximate surface area is 558 Å². The van der Waals surface area contributed by atoms with E-state index in [1.165, 1.54) is 46.9 Å². The number of phenols is 2. The SMILES string of the molecule is CCOC(=O)C1(c2ccccc2)CCN(C)CC1.CO[C@H](C(=O)[C@@H](O)[C@@H](C)O)C1Cc2cc3cc(O[C@H]4C[C@@H](O[C@H]5C[C@@H](O)[C@H](O)[C@@H](C)O5)[C@@H](O)[C@@H](C)O4)c(C)c(O)c3c(O)c2C(=O)[C@H]1O[C@H]1C[C@@H](O[C@H]2C[C@@H](O[C@H]3C[C@](C)(O)[C@H](O)[C@@H](C)O3)[C@H](O)[C@@H](C)O2)[C@H](O)[C@@H](C)O1.Cl. The number of methoxy groups -OCH3 is 1. The van der Waals surface area contributed by atoms with E-state index in [0.29, 0.717) is 6.61 Å². The molecule has 0 radical (unpaired) electrons. The fraction of sp³-hybridized carbons (Fsp3) is 0.716. The lowest BCUT2D eigenvalue weighted by Gasteiger charge is -2.46. The third-order valence-electron chi connectivity index (χ3n) is 19.7. The summed E-state index contributed by atoms with van der Waals surface area (Å²) in [6, 6.07) is 13.1. The van der Waals surface area contributed by atoms with Crippen molar-refractivity contribution >= 4 is 40.7 Å². The summed E-state index contributed by atoms with van der Waals surface area (Å²) in [6.45, 7) is 16.3. The second kappa shape index (κ2) is 31.9. The summed E-state index contributed by atoms with van der Waals surface area (Å²) < 4.78 is 71.8. The second-order valence-electron chi connectivity index (χ2n) is 26.7. The monoisotopic (exact) mass is 1370 g/mol. The number of Topliss-reactive ketones (excluding diaryl/α,β-unsaturated/α-hetero) is 2. The van der Waals surface area contributed by atoms with Crippen LogP contribution < -0.4 is 4.74 Å². The number of ether oxygens (including phenoxy) is 12. The number of ketones is 2. The number of fused-ring (bicyclic) bond motifs is 2. The lowest BCUT2D eigenvalue weighted by molar-refractivity contribution is -0.334. The van der Waals surface area contributed by atoms with E-state index in [0.717, 1.165) is 31.5 Å². The summed E-state index contributed by atoms with van der Waals surface area (Å²) in [5.74, 6) is -4.14. The fourth-order valence-corrected chi connectivity index (χ4v) is 14.0. The van der Waals surface area contributed by atoms with Gasteiger partial charge in [-0.3, -0.25) is 14.4 Å². The Hall–Kier alpha value is -4.38. The number of aromatic hydroxyl groups is 2. The van der Waals surface area contributed by atoms with Gasteiger partial charge in [0, 0.05) is 50.7 Å². The average molecular weight is 1370 g/mol. The molecule has 3 aromatic carbocycles. The van der Waals surface area contributed by atoms with Gasteiger partial charge in [-0.15, -0.1) is 12.4 Å². The first-order valence-electron chi connectivity index (χ1n) is 32.6. The van der Waals surface area contributed by atoms with E-state index in [1.54, 1.807) is 27.7 Å². The van der Waals surface area contributed by atoms with Gasteiger partial charge in [0.1, 0.15) is 66.1 Å². The Morgan fingerprint density at radius 3 is 1.74 bits per heavy atom. The van der Waals surface area contributed by atoms with Gasteiger partial charge in [-0.25, -0.2) is 0 Å². The molecule has 0 aromatic heterocycles. The summed E-state index contributed by atoms with van der Waals surface area (Å²) in [4.78, 5) is 43.6. The molecule has 6 saturated heterocycles. The molecule has 6 fully saturated rings. The predicted molar refractivity (Wildman–Crippen MR) is 337 cm³/mol. The smallest absolute Gasteiger partial charge is 0.316 e. The van der Waals surface area contributed by atoms with Crippen LogP contribution in [0.25, 0.3) is 10.8 Å². The first kappa shape index (κ1) is 76.4. The Morgan fingerprint density at radius 2 is 1.21 bits per heavy atom. The molecule has 7 aliphatic rings. The van der Waals surface area contributed by atoms with E-state index < -0.39 is 181 Å². The van der Waals surface area contributed by atoms with Gasteiger partial charge in [0.05, 0.1) is 89.6 Å². The van der Waals surface area contributed by atoms with E-state index in [1.807, 2.05) is 37.3 Å². The highest BCUT2D eigenvalue weighted by Crippen LogP contribution is 2.48. The number of benzene rings is 3. The summed E-state index contributed by atoms with van der Waals surface area (Å²) in [6.07, 6.45) is -25.3. The number of piperidine rings is 1. The molecule has 1 unspecified atom stereocenters. The van der Waals surface area contributed by atoms with E-state index in [9.17, 15) is 65.8 Å². The molecule has 0 saturated carbocycles. The van der Waals surface area contributed by atoms with Crippen LogP contribution in [0.4, 0.5) is 0 Å². The Balaban J connectivity index is 0.000000523. The van der Waals surface area contributed by atoms with Crippen molar-refractivity contribution in [2.24, 2.45) is 5.92 Å². The zero-order valence-electron chi connectivity index (χ0n) is 55.6. The molecule has 95 heavy (non-hydrogen) atoms. The Morgan fingerprint density at radius 1 is 0.705 bits per heavy atom. The van der Waals surface area contributed by atoms with Crippen LogP contribution in [0.2, 0.25) is 0 Å².